The lowest BCUT2D eigenvalue weighted by Crippen LogP contribution is -2.27. The van der Waals surface area contributed by atoms with E-state index >= 15 is 0 Å². The van der Waals surface area contributed by atoms with Crippen LogP contribution in [-0.4, -0.2) is 17.1 Å². The van der Waals surface area contributed by atoms with Crippen LogP contribution in [-0.2, 0) is 4.79 Å². The third-order valence-corrected chi connectivity index (χ3v) is 2.50. The maximum atomic E-state index is 11.5. The summed E-state index contributed by atoms with van der Waals surface area (Å²) in [7, 11) is 0. The fourth-order valence-electron chi connectivity index (χ4n) is 1.29. The first-order valence-electron chi connectivity index (χ1n) is 5.38. The number of halogens is 1. The molecule has 88 valence electrons. The molecule has 0 saturated carbocycles. The minimum atomic E-state index is -0.935. The molecule has 1 unspecified atom stereocenters. The topological polar surface area (TPSA) is 49.3 Å². The Hall–Kier alpha value is -1.06. The van der Waals surface area contributed by atoms with E-state index in [4.69, 9.17) is 11.6 Å². The van der Waals surface area contributed by atoms with E-state index in [9.17, 15) is 9.90 Å². The number of carbonyl (C=O) groups excluding carboxylic acids is 1. The van der Waals surface area contributed by atoms with Gasteiger partial charge in [0.15, 0.2) is 0 Å². The SMILES string of the molecule is CCCCC(O)C(=O)Nc1ccc(Cl)cc1. The number of nitrogens with one attached hydrogen (secondary N) is 1. The van der Waals surface area contributed by atoms with Gasteiger partial charge in [0.2, 0.25) is 0 Å². The van der Waals surface area contributed by atoms with Gasteiger partial charge < -0.3 is 10.4 Å². The van der Waals surface area contributed by atoms with Crippen molar-refractivity contribution in [2.75, 3.05) is 5.32 Å². The highest BCUT2D eigenvalue weighted by Crippen LogP contribution is 2.14. The van der Waals surface area contributed by atoms with E-state index < -0.39 is 6.10 Å². The largest absolute Gasteiger partial charge is 0.383 e. The number of anilines is 1. The zero-order valence-electron chi connectivity index (χ0n) is 9.24. The predicted molar refractivity (Wildman–Crippen MR) is 65.6 cm³/mol. The summed E-state index contributed by atoms with van der Waals surface area (Å²) < 4.78 is 0. The Kier molecular flexibility index (Phi) is 5.29. The van der Waals surface area contributed by atoms with Gasteiger partial charge in [0, 0.05) is 10.7 Å². The van der Waals surface area contributed by atoms with E-state index in [1.54, 1.807) is 24.3 Å². The Morgan fingerprint density at radius 2 is 2.06 bits per heavy atom. The molecule has 0 aliphatic heterocycles. The molecule has 0 saturated heterocycles. The van der Waals surface area contributed by atoms with Crippen molar-refractivity contribution < 1.29 is 9.90 Å². The quantitative estimate of drug-likeness (QED) is 0.833. The van der Waals surface area contributed by atoms with Crippen molar-refractivity contribution in [3.05, 3.63) is 29.3 Å². The Bertz CT molecular complexity index is 337. The highest BCUT2D eigenvalue weighted by atomic mass is 35.5. The highest BCUT2D eigenvalue weighted by Gasteiger charge is 2.13. The van der Waals surface area contributed by atoms with Crippen LogP contribution in [0, 0.1) is 0 Å². The summed E-state index contributed by atoms with van der Waals surface area (Å²) in [4.78, 5) is 11.5. The van der Waals surface area contributed by atoms with Crippen LogP contribution >= 0.6 is 11.6 Å². The van der Waals surface area contributed by atoms with Crippen LogP contribution < -0.4 is 5.32 Å². The third-order valence-electron chi connectivity index (χ3n) is 2.25. The molecule has 0 aliphatic carbocycles. The summed E-state index contributed by atoms with van der Waals surface area (Å²) in [6, 6.07) is 6.78. The average molecular weight is 242 g/mol. The number of hydrogen-bond acceptors (Lipinski definition) is 2. The van der Waals surface area contributed by atoms with Crippen LogP contribution in [0.15, 0.2) is 24.3 Å². The molecule has 0 spiro atoms. The summed E-state index contributed by atoms with van der Waals surface area (Å²) in [6.45, 7) is 2.02. The number of aliphatic hydroxyl groups excluding tert-OH is 1. The first-order chi connectivity index (χ1) is 7.63. The van der Waals surface area contributed by atoms with Gasteiger partial charge in [-0.25, -0.2) is 0 Å². The lowest BCUT2D eigenvalue weighted by atomic mass is 10.1. The molecule has 1 amide bonds. The number of rotatable bonds is 5. The van der Waals surface area contributed by atoms with Gasteiger partial charge in [-0.1, -0.05) is 31.4 Å². The predicted octanol–water partition coefficient (Wildman–Crippen LogP) is 2.83. The zero-order chi connectivity index (χ0) is 12.0. The van der Waals surface area contributed by atoms with Gasteiger partial charge in [-0.3, -0.25) is 4.79 Å². The van der Waals surface area contributed by atoms with Crippen molar-refractivity contribution in [3.8, 4) is 0 Å². The van der Waals surface area contributed by atoms with Crippen LogP contribution in [0.4, 0.5) is 5.69 Å². The molecule has 0 radical (unpaired) electrons. The van der Waals surface area contributed by atoms with E-state index in [-0.39, 0.29) is 5.91 Å². The van der Waals surface area contributed by atoms with Gasteiger partial charge in [-0.2, -0.15) is 0 Å². The highest BCUT2D eigenvalue weighted by molar-refractivity contribution is 6.30. The molecule has 3 nitrogen and oxygen atoms in total. The summed E-state index contributed by atoms with van der Waals surface area (Å²) in [5, 5.41) is 12.8. The van der Waals surface area contributed by atoms with Gasteiger partial charge >= 0.3 is 0 Å². The normalized spacial score (nSPS) is 12.2. The molecule has 0 heterocycles. The van der Waals surface area contributed by atoms with Crippen LogP contribution in [0.5, 0.6) is 0 Å². The van der Waals surface area contributed by atoms with Gasteiger partial charge in [-0.15, -0.1) is 0 Å². The van der Waals surface area contributed by atoms with Crippen molar-refractivity contribution in [2.45, 2.75) is 32.3 Å². The first-order valence-corrected chi connectivity index (χ1v) is 5.75. The molecule has 1 atom stereocenters. The molecule has 0 aliphatic rings. The molecule has 1 rings (SSSR count). The minimum absolute atomic E-state index is 0.365. The number of benzene rings is 1. The van der Waals surface area contributed by atoms with Crippen molar-refractivity contribution >= 4 is 23.2 Å². The fourth-order valence-corrected chi connectivity index (χ4v) is 1.41. The summed E-state index contributed by atoms with van der Waals surface area (Å²) in [5.74, 6) is -0.365. The third kappa shape index (κ3) is 4.21. The number of aliphatic hydroxyl groups is 1. The standard InChI is InChI=1S/C12H16ClNO2/c1-2-3-4-11(15)12(16)14-10-7-5-9(13)6-8-10/h5-8,11,15H,2-4H2,1H3,(H,14,16). The molecule has 0 aromatic heterocycles. The summed E-state index contributed by atoms with van der Waals surface area (Å²) in [5.41, 5.74) is 0.643. The van der Waals surface area contributed by atoms with Crippen molar-refractivity contribution in [1.29, 1.82) is 0 Å². The fraction of sp³-hybridized carbons (Fsp3) is 0.417. The molecule has 1 aromatic rings. The van der Waals surface area contributed by atoms with E-state index in [2.05, 4.69) is 5.32 Å². The van der Waals surface area contributed by atoms with Crippen LogP contribution in [0.2, 0.25) is 5.02 Å². The van der Waals surface area contributed by atoms with E-state index in [1.807, 2.05) is 6.92 Å². The lowest BCUT2D eigenvalue weighted by Gasteiger charge is -2.10. The number of carbonyl (C=O) groups is 1. The molecule has 2 N–H and O–H groups in total. The Morgan fingerprint density at radius 3 is 2.62 bits per heavy atom. The molecule has 0 fully saturated rings. The smallest absolute Gasteiger partial charge is 0.253 e. The number of unbranched alkanes of at least 4 members (excludes halogenated alkanes) is 1. The first kappa shape index (κ1) is 13.0. The van der Waals surface area contributed by atoms with Gasteiger partial charge in [-0.05, 0) is 30.7 Å². The Labute approximate surface area is 100 Å². The van der Waals surface area contributed by atoms with Crippen molar-refractivity contribution in [3.63, 3.8) is 0 Å². The van der Waals surface area contributed by atoms with E-state index in [0.29, 0.717) is 17.1 Å². The van der Waals surface area contributed by atoms with E-state index in [0.717, 1.165) is 12.8 Å². The van der Waals surface area contributed by atoms with E-state index in [1.165, 1.54) is 0 Å². The van der Waals surface area contributed by atoms with Gasteiger partial charge in [0.1, 0.15) is 6.10 Å². The maximum absolute atomic E-state index is 11.5. The number of hydrogen-bond donors (Lipinski definition) is 2. The Balaban J connectivity index is 2.47. The number of amides is 1. The van der Waals surface area contributed by atoms with Crippen molar-refractivity contribution in [1.82, 2.24) is 0 Å². The van der Waals surface area contributed by atoms with Crippen molar-refractivity contribution in [2.24, 2.45) is 0 Å². The molecule has 1 aromatic carbocycles. The zero-order valence-corrected chi connectivity index (χ0v) is 10.00. The molecular formula is C12H16ClNO2. The van der Waals surface area contributed by atoms with Crippen LogP contribution in [0.25, 0.3) is 0 Å². The molecule has 4 heteroatoms. The summed E-state index contributed by atoms with van der Waals surface area (Å²) >= 11 is 5.72. The average Bonchev–Trinajstić information content (AvgIpc) is 2.29. The monoisotopic (exact) mass is 241 g/mol. The second-order valence-corrected chi connectivity index (χ2v) is 4.09. The molecule has 0 bridgehead atoms. The van der Waals surface area contributed by atoms with Gasteiger partial charge in [0.05, 0.1) is 0 Å². The second-order valence-electron chi connectivity index (χ2n) is 3.65. The lowest BCUT2D eigenvalue weighted by molar-refractivity contribution is -0.124. The maximum Gasteiger partial charge on any atom is 0.253 e. The van der Waals surface area contributed by atoms with Gasteiger partial charge in [0.25, 0.3) is 5.91 Å². The van der Waals surface area contributed by atoms with Crippen LogP contribution in [0.1, 0.15) is 26.2 Å². The Morgan fingerprint density at radius 1 is 1.44 bits per heavy atom. The minimum Gasteiger partial charge on any atom is -0.383 e. The van der Waals surface area contributed by atoms with Crippen LogP contribution in [0.3, 0.4) is 0 Å². The summed E-state index contributed by atoms with van der Waals surface area (Å²) in [6.07, 6.45) is 1.37. The molecule has 16 heavy (non-hydrogen) atoms. The second kappa shape index (κ2) is 6.51. The molecular weight excluding hydrogens is 226 g/mol.